The molecule has 2 N–H and O–H groups in total. The average Bonchev–Trinajstić information content (AvgIpc) is 3.38. The van der Waals surface area contributed by atoms with E-state index in [4.69, 9.17) is 13.8 Å². The number of allylic oxidation sites excluding steroid dienone is 5. The molecular weight excluding hydrogens is 964 g/mol. The molecule has 0 radical (unpaired) electrons. The number of amides is 1. The van der Waals surface area contributed by atoms with Gasteiger partial charge >= 0.3 is 13.8 Å². The van der Waals surface area contributed by atoms with Crippen molar-refractivity contribution in [2.45, 2.75) is 335 Å². The lowest BCUT2D eigenvalue weighted by Gasteiger charge is -2.27. The van der Waals surface area contributed by atoms with Crippen molar-refractivity contribution in [2.75, 3.05) is 40.9 Å². The first-order chi connectivity index (χ1) is 36.9. The molecule has 448 valence electrons. The molecule has 0 aromatic rings. The third-order valence-corrected chi connectivity index (χ3v) is 15.8. The lowest BCUT2D eigenvalue weighted by atomic mass is 10.0. The van der Waals surface area contributed by atoms with E-state index in [9.17, 15) is 19.0 Å². The summed E-state index contributed by atoms with van der Waals surface area (Å²) < 4.78 is 30.7. The monoisotopic (exact) mass is 1090 g/mol. The Morgan fingerprint density at radius 1 is 0.461 bits per heavy atom. The molecule has 1 amide bonds. The molecule has 0 aromatic heterocycles. The van der Waals surface area contributed by atoms with E-state index < -0.39 is 20.0 Å². The average molecular weight is 1090 g/mol. The molecule has 0 saturated carbocycles. The van der Waals surface area contributed by atoms with Crippen molar-refractivity contribution in [3.8, 4) is 0 Å². The maximum Gasteiger partial charge on any atom is 0.472 e. The van der Waals surface area contributed by atoms with Gasteiger partial charge in [0.15, 0.2) is 0 Å². The Balaban J connectivity index is 5.04. The highest BCUT2D eigenvalue weighted by Gasteiger charge is 2.30. The number of nitrogens with zero attached hydrogens (tertiary/aromatic N) is 1. The first kappa shape index (κ1) is 74.2. The molecule has 9 nitrogen and oxygen atoms in total. The predicted octanol–water partition coefficient (Wildman–Crippen LogP) is 20.3. The molecular formula is C66H128N2O7P+. The highest BCUT2D eigenvalue weighted by atomic mass is 31.2. The summed E-state index contributed by atoms with van der Waals surface area (Å²) in [7, 11) is 1.51. The van der Waals surface area contributed by atoms with Gasteiger partial charge in [-0.05, 0) is 63.9 Å². The summed E-state index contributed by atoms with van der Waals surface area (Å²) in [6.07, 6.45) is 68.6. The van der Waals surface area contributed by atoms with Crippen molar-refractivity contribution < 1.29 is 37.3 Å². The summed E-state index contributed by atoms with van der Waals surface area (Å²) in [5.41, 5.74) is 0. The van der Waals surface area contributed by atoms with Crippen LogP contribution in [0.15, 0.2) is 36.5 Å². The number of phosphoric ester groups is 1. The lowest BCUT2D eigenvalue weighted by molar-refractivity contribution is -0.870. The smallest absolute Gasteiger partial charge is 0.456 e. The summed E-state index contributed by atoms with van der Waals surface area (Å²) >= 11 is 0. The van der Waals surface area contributed by atoms with Crippen molar-refractivity contribution in [2.24, 2.45) is 0 Å². The largest absolute Gasteiger partial charge is 0.472 e. The van der Waals surface area contributed by atoms with Crippen LogP contribution in [-0.2, 0) is 27.9 Å². The van der Waals surface area contributed by atoms with E-state index in [0.717, 1.165) is 64.2 Å². The van der Waals surface area contributed by atoms with Crippen LogP contribution in [0.1, 0.15) is 323 Å². The lowest BCUT2D eigenvalue weighted by Crippen LogP contribution is -2.47. The highest BCUT2D eigenvalue weighted by Crippen LogP contribution is 2.43. The minimum atomic E-state index is -4.44. The second-order valence-corrected chi connectivity index (χ2v) is 25.1. The Bertz CT molecular complexity index is 1400. The Morgan fingerprint density at radius 2 is 0.803 bits per heavy atom. The SMILES string of the molecule is CCCCC/C=C\C/C=C\CCCCCCCCCCCCCCCCCC(=O)NC(COP(=O)(O)OCC[N+](C)(C)C)C(/C=C\CCCCCCCCCCCC)OC(=O)CCCCCCCCCCCCCCC. The first-order valence-corrected chi connectivity index (χ1v) is 34.3. The fraction of sp³-hybridized carbons (Fsp3) is 0.879. The normalized spacial score (nSPS) is 13.8. The molecule has 0 aliphatic heterocycles. The Kier molecular flexibility index (Phi) is 55.2. The topological polar surface area (TPSA) is 111 Å². The van der Waals surface area contributed by atoms with Gasteiger partial charge in [0.25, 0.3) is 0 Å². The maximum atomic E-state index is 13.6. The van der Waals surface area contributed by atoms with Gasteiger partial charge in [0.05, 0.1) is 33.8 Å². The number of ether oxygens (including phenoxy) is 1. The zero-order valence-corrected chi connectivity index (χ0v) is 52.2. The van der Waals surface area contributed by atoms with Crippen LogP contribution in [0.25, 0.3) is 0 Å². The van der Waals surface area contributed by atoms with E-state index in [-0.39, 0.29) is 25.1 Å². The zero-order valence-electron chi connectivity index (χ0n) is 51.3. The van der Waals surface area contributed by atoms with Gasteiger partial charge in [-0.1, -0.05) is 282 Å². The summed E-state index contributed by atoms with van der Waals surface area (Å²) in [6.45, 7) is 7.03. The maximum absolute atomic E-state index is 13.6. The summed E-state index contributed by atoms with van der Waals surface area (Å²) in [5.74, 6) is -0.490. The summed E-state index contributed by atoms with van der Waals surface area (Å²) in [5, 5.41) is 3.07. The predicted molar refractivity (Wildman–Crippen MR) is 328 cm³/mol. The van der Waals surface area contributed by atoms with Crippen LogP contribution >= 0.6 is 7.82 Å². The third-order valence-electron chi connectivity index (χ3n) is 14.8. The number of hydrogen-bond acceptors (Lipinski definition) is 6. The first-order valence-electron chi connectivity index (χ1n) is 32.8. The highest BCUT2D eigenvalue weighted by molar-refractivity contribution is 7.47. The molecule has 0 aliphatic rings. The number of quaternary nitrogens is 1. The Labute approximate surface area is 472 Å². The zero-order chi connectivity index (χ0) is 55.7. The minimum absolute atomic E-state index is 0.0432. The molecule has 0 fully saturated rings. The number of rotatable bonds is 60. The van der Waals surface area contributed by atoms with Crippen LogP contribution in [0, 0.1) is 0 Å². The quantitative estimate of drug-likeness (QED) is 0.0205. The van der Waals surface area contributed by atoms with Crippen molar-refractivity contribution in [3.63, 3.8) is 0 Å². The molecule has 0 spiro atoms. The van der Waals surface area contributed by atoms with Crippen LogP contribution in [-0.4, -0.2) is 74.3 Å². The molecule has 0 aromatic carbocycles. The van der Waals surface area contributed by atoms with Gasteiger partial charge in [0, 0.05) is 12.8 Å². The number of hydrogen-bond donors (Lipinski definition) is 2. The standard InChI is InChI=1S/C66H127N2O7P/c1-7-10-13-16-19-22-25-28-29-30-31-32-33-34-35-36-37-38-39-41-43-46-49-52-55-58-65(69)67-63(62-74-76(71,72)73-61-60-68(4,5)6)64(57-54-51-48-45-42-27-24-21-18-15-12-9-3)75-66(70)59-56-53-50-47-44-40-26-23-20-17-14-11-8-2/h19,22,28-29,54,57,63-64H,7-18,20-21,23-27,30-53,55-56,58-62H2,1-6H3,(H-,67,69,71,72)/p+1/b22-19-,29-28-,57-54-. The van der Waals surface area contributed by atoms with Crippen LogP contribution in [0.4, 0.5) is 0 Å². The van der Waals surface area contributed by atoms with E-state index in [1.807, 2.05) is 33.3 Å². The molecule has 10 heteroatoms. The molecule has 0 rings (SSSR count). The van der Waals surface area contributed by atoms with Crippen LogP contribution < -0.4 is 5.32 Å². The second-order valence-electron chi connectivity index (χ2n) is 23.6. The molecule has 0 heterocycles. The number of phosphoric acid groups is 1. The van der Waals surface area contributed by atoms with Crippen molar-refractivity contribution in [1.29, 1.82) is 0 Å². The fourth-order valence-electron chi connectivity index (χ4n) is 9.74. The second kappa shape index (κ2) is 56.5. The third kappa shape index (κ3) is 56.9. The van der Waals surface area contributed by atoms with E-state index in [0.29, 0.717) is 23.9 Å². The number of unbranched alkanes of at least 4 members (excludes halogenated alkanes) is 40. The molecule has 76 heavy (non-hydrogen) atoms. The van der Waals surface area contributed by atoms with Crippen LogP contribution in [0.2, 0.25) is 0 Å². The van der Waals surface area contributed by atoms with E-state index in [1.165, 1.54) is 225 Å². The van der Waals surface area contributed by atoms with Crippen LogP contribution in [0.5, 0.6) is 0 Å². The number of carbonyl (C=O) groups excluding carboxylic acids is 2. The van der Waals surface area contributed by atoms with E-state index in [2.05, 4.69) is 50.4 Å². The van der Waals surface area contributed by atoms with Gasteiger partial charge < -0.3 is 19.4 Å². The minimum Gasteiger partial charge on any atom is -0.456 e. The molecule has 0 bridgehead atoms. The van der Waals surface area contributed by atoms with E-state index in [1.54, 1.807) is 0 Å². The van der Waals surface area contributed by atoms with Gasteiger partial charge in [0.2, 0.25) is 5.91 Å². The van der Waals surface area contributed by atoms with Gasteiger partial charge in [-0.15, -0.1) is 0 Å². The number of esters is 1. The molecule has 0 saturated heterocycles. The number of nitrogens with one attached hydrogen (secondary N) is 1. The molecule has 3 atom stereocenters. The van der Waals surface area contributed by atoms with Gasteiger partial charge in [0.1, 0.15) is 19.3 Å². The van der Waals surface area contributed by atoms with E-state index >= 15 is 0 Å². The Morgan fingerprint density at radius 3 is 1.21 bits per heavy atom. The van der Waals surface area contributed by atoms with Gasteiger partial charge in [-0.2, -0.15) is 0 Å². The van der Waals surface area contributed by atoms with Gasteiger partial charge in [-0.3, -0.25) is 18.6 Å². The van der Waals surface area contributed by atoms with Crippen LogP contribution in [0.3, 0.4) is 0 Å². The Hall–Kier alpha value is -1.77. The fourth-order valence-corrected chi connectivity index (χ4v) is 10.5. The number of likely N-dealkylation sites (N-methyl/N-ethyl adjacent to an activating group) is 1. The van der Waals surface area contributed by atoms with Crippen molar-refractivity contribution in [1.82, 2.24) is 5.32 Å². The summed E-state index contributed by atoms with van der Waals surface area (Å²) in [4.78, 5) is 37.7. The van der Waals surface area contributed by atoms with Gasteiger partial charge in [-0.25, -0.2) is 4.57 Å². The molecule has 3 unspecified atom stereocenters. The number of carbonyl (C=O) groups is 2. The summed E-state index contributed by atoms with van der Waals surface area (Å²) in [6, 6.07) is -0.843. The molecule has 0 aliphatic carbocycles. The van der Waals surface area contributed by atoms with Crippen molar-refractivity contribution in [3.05, 3.63) is 36.5 Å². The van der Waals surface area contributed by atoms with Crippen molar-refractivity contribution >= 4 is 19.7 Å².